The average Bonchev–Trinajstić information content (AvgIpc) is 2.52. The molecule has 0 aliphatic carbocycles. The predicted octanol–water partition coefficient (Wildman–Crippen LogP) is 4.19. The summed E-state index contributed by atoms with van der Waals surface area (Å²) in [6.45, 7) is 0. The molecular formula is C16H14BrClN2O2S. The van der Waals surface area contributed by atoms with Crippen LogP contribution >= 0.6 is 39.3 Å². The van der Waals surface area contributed by atoms with E-state index in [1.807, 2.05) is 24.3 Å². The molecule has 0 spiro atoms. The van der Waals surface area contributed by atoms with Crippen molar-refractivity contribution < 1.29 is 9.90 Å². The van der Waals surface area contributed by atoms with E-state index in [1.54, 1.807) is 12.1 Å². The molecule has 7 heteroatoms. The van der Waals surface area contributed by atoms with Crippen LogP contribution in [0.25, 0.3) is 0 Å². The van der Waals surface area contributed by atoms with E-state index in [0.717, 1.165) is 15.8 Å². The lowest BCUT2D eigenvalue weighted by Gasteiger charge is -2.04. The van der Waals surface area contributed by atoms with Crippen molar-refractivity contribution in [2.24, 2.45) is 5.10 Å². The number of carbonyl (C=O) groups excluding carboxylic acids is 1. The molecule has 0 atom stereocenters. The van der Waals surface area contributed by atoms with Gasteiger partial charge in [0.25, 0.3) is 0 Å². The highest BCUT2D eigenvalue weighted by Crippen LogP contribution is 2.21. The Morgan fingerprint density at radius 1 is 1.35 bits per heavy atom. The van der Waals surface area contributed by atoms with Crippen LogP contribution in [0.1, 0.15) is 11.1 Å². The summed E-state index contributed by atoms with van der Waals surface area (Å²) in [6, 6.07) is 12.5. The molecule has 0 radical (unpaired) electrons. The summed E-state index contributed by atoms with van der Waals surface area (Å²) in [7, 11) is 0. The van der Waals surface area contributed by atoms with E-state index in [0.29, 0.717) is 16.3 Å². The summed E-state index contributed by atoms with van der Waals surface area (Å²) in [4.78, 5) is 11.7. The van der Waals surface area contributed by atoms with Crippen LogP contribution in [-0.2, 0) is 10.5 Å². The third-order valence-corrected chi connectivity index (χ3v) is 4.82. The molecule has 1 amide bonds. The quantitative estimate of drug-likeness (QED) is 0.551. The second kappa shape index (κ2) is 8.96. The van der Waals surface area contributed by atoms with Gasteiger partial charge in [-0.05, 0) is 29.8 Å². The minimum absolute atomic E-state index is 0.0516. The second-order valence-electron chi connectivity index (χ2n) is 4.58. The van der Waals surface area contributed by atoms with Gasteiger partial charge in [0, 0.05) is 20.8 Å². The smallest absolute Gasteiger partial charge is 0.250 e. The number of phenols is 1. The van der Waals surface area contributed by atoms with Crippen LogP contribution in [-0.4, -0.2) is 23.0 Å². The van der Waals surface area contributed by atoms with Crippen LogP contribution in [0.4, 0.5) is 0 Å². The Bertz CT molecular complexity index is 725. The Labute approximate surface area is 152 Å². The first kappa shape index (κ1) is 17.8. The minimum Gasteiger partial charge on any atom is -0.507 e. The van der Waals surface area contributed by atoms with Crippen molar-refractivity contribution in [2.75, 3.05) is 5.75 Å². The molecular weight excluding hydrogens is 400 g/mol. The second-order valence-corrected chi connectivity index (χ2v) is 6.86. The number of benzene rings is 2. The maximum Gasteiger partial charge on any atom is 0.250 e. The topological polar surface area (TPSA) is 61.7 Å². The number of halogens is 2. The van der Waals surface area contributed by atoms with E-state index < -0.39 is 0 Å². The number of carbonyl (C=O) groups is 1. The van der Waals surface area contributed by atoms with Gasteiger partial charge in [0.15, 0.2) is 0 Å². The van der Waals surface area contributed by atoms with Crippen LogP contribution in [0.3, 0.4) is 0 Å². The number of hydrogen-bond donors (Lipinski definition) is 2. The van der Waals surface area contributed by atoms with Gasteiger partial charge in [0.1, 0.15) is 5.75 Å². The van der Waals surface area contributed by atoms with Crippen molar-refractivity contribution in [3.05, 3.63) is 63.1 Å². The van der Waals surface area contributed by atoms with E-state index in [4.69, 9.17) is 11.6 Å². The Hall–Kier alpha value is -1.50. The first-order chi connectivity index (χ1) is 11.1. The molecule has 0 saturated heterocycles. The van der Waals surface area contributed by atoms with Gasteiger partial charge in [-0.1, -0.05) is 45.7 Å². The SMILES string of the molecule is O=C(CSCc1ccccc1Br)N/N=C\c1cc(Cl)ccc1O. The normalized spacial score (nSPS) is 10.9. The number of nitrogens with one attached hydrogen (secondary N) is 1. The number of aromatic hydroxyl groups is 1. The van der Waals surface area contributed by atoms with Crippen LogP contribution in [0.2, 0.25) is 5.02 Å². The highest BCUT2D eigenvalue weighted by Gasteiger charge is 2.03. The van der Waals surface area contributed by atoms with E-state index in [9.17, 15) is 9.90 Å². The first-order valence-corrected chi connectivity index (χ1v) is 9.00. The fourth-order valence-electron chi connectivity index (χ4n) is 1.70. The molecule has 2 rings (SSSR count). The Balaban J connectivity index is 1.78. The van der Waals surface area contributed by atoms with Gasteiger partial charge in [-0.2, -0.15) is 5.10 Å². The summed E-state index contributed by atoms with van der Waals surface area (Å²) in [5, 5.41) is 13.9. The predicted molar refractivity (Wildman–Crippen MR) is 99.2 cm³/mol. The van der Waals surface area contributed by atoms with Gasteiger partial charge in [-0.25, -0.2) is 5.43 Å². The van der Waals surface area contributed by atoms with Crippen LogP contribution in [0.5, 0.6) is 5.75 Å². The minimum atomic E-state index is -0.208. The lowest BCUT2D eigenvalue weighted by atomic mass is 10.2. The molecule has 0 bridgehead atoms. The summed E-state index contributed by atoms with van der Waals surface area (Å²) < 4.78 is 1.03. The molecule has 2 aromatic rings. The lowest BCUT2D eigenvalue weighted by molar-refractivity contribution is -0.118. The first-order valence-electron chi connectivity index (χ1n) is 6.68. The molecule has 0 saturated carbocycles. The summed E-state index contributed by atoms with van der Waals surface area (Å²) in [5.41, 5.74) is 4.00. The molecule has 2 N–H and O–H groups in total. The van der Waals surface area contributed by atoms with Gasteiger partial charge in [0.2, 0.25) is 5.91 Å². The fraction of sp³-hybridized carbons (Fsp3) is 0.125. The Morgan fingerprint density at radius 3 is 2.91 bits per heavy atom. The van der Waals surface area contributed by atoms with E-state index >= 15 is 0 Å². The van der Waals surface area contributed by atoms with Gasteiger partial charge in [-0.15, -0.1) is 11.8 Å². The number of hydrazone groups is 1. The standard InChI is InChI=1S/C16H14BrClN2O2S/c17-14-4-2-1-3-11(14)9-23-10-16(22)20-19-8-12-7-13(18)5-6-15(12)21/h1-8,21H,9-10H2,(H,20,22)/b19-8-. The average molecular weight is 414 g/mol. The van der Waals surface area contributed by atoms with E-state index in [2.05, 4.69) is 26.5 Å². The molecule has 23 heavy (non-hydrogen) atoms. The molecule has 0 aliphatic rings. The molecule has 120 valence electrons. The zero-order valence-corrected chi connectivity index (χ0v) is 15.2. The maximum absolute atomic E-state index is 11.7. The fourth-order valence-corrected chi connectivity index (χ4v) is 3.32. The monoisotopic (exact) mass is 412 g/mol. The number of phenolic OH excluding ortho intramolecular Hbond substituents is 1. The third-order valence-electron chi connectivity index (χ3n) is 2.83. The lowest BCUT2D eigenvalue weighted by Crippen LogP contribution is -2.19. The Kier molecular flexibility index (Phi) is 6.95. The van der Waals surface area contributed by atoms with Crippen molar-refractivity contribution in [3.63, 3.8) is 0 Å². The molecule has 0 aromatic heterocycles. The maximum atomic E-state index is 11.7. The van der Waals surface area contributed by atoms with Crippen molar-refractivity contribution in [3.8, 4) is 5.75 Å². The number of amides is 1. The molecule has 0 unspecified atom stereocenters. The molecule has 2 aromatic carbocycles. The van der Waals surface area contributed by atoms with Crippen LogP contribution in [0.15, 0.2) is 52.0 Å². The summed E-state index contributed by atoms with van der Waals surface area (Å²) in [6.07, 6.45) is 1.36. The third kappa shape index (κ3) is 5.89. The van der Waals surface area contributed by atoms with E-state index in [-0.39, 0.29) is 11.7 Å². The van der Waals surface area contributed by atoms with Crippen LogP contribution in [0, 0.1) is 0 Å². The van der Waals surface area contributed by atoms with Gasteiger partial charge < -0.3 is 5.11 Å². The molecule has 0 aliphatic heterocycles. The van der Waals surface area contributed by atoms with Crippen molar-refractivity contribution in [1.29, 1.82) is 0 Å². The van der Waals surface area contributed by atoms with Gasteiger partial charge >= 0.3 is 0 Å². The Morgan fingerprint density at radius 2 is 2.13 bits per heavy atom. The number of rotatable bonds is 6. The van der Waals surface area contributed by atoms with Crippen molar-refractivity contribution in [2.45, 2.75) is 5.75 Å². The van der Waals surface area contributed by atoms with Crippen molar-refractivity contribution >= 4 is 51.4 Å². The van der Waals surface area contributed by atoms with E-state index in [1.165, 1.54) is 24.0 Å². The number of nitrogens with zero attached hydrogens (tertiary/aromatic N) is 1. The molecule has 0 heterocycles. The molecule has 4 nitrogen and oxygen atoms in total. The summed E-state index contributed by atoms with van der Waals surface area (Å²) >= 11 is 10.8. The zero-order valence-electron chi connectivity index (χ0n) is 12.0. The van der Waals surface area contributed by atoms with Crippen molar-refractivity contribution in [1.82, 2.24) is 5.43 Å². The number of hydrogen-bond acceptors (Lipinski definition) is 4. The largest absolute Gasteiger partial charge is 0.507 e. The highest BCUT2D eigenvalue weighted by atomic mass is 79.9. The van der Waals surface area contributed by atoms with Gasteiger partial charge in [0.05, 0.1) is 12.0 Å². The highest BCUT2D eigenvalue weighted by molar-refractivity contribution is 9.10. The van der Waals surface area contributed by atoms with Gasteiger partial charge in [-0.3, -0.25) is 4.79 Å². The van der Waals surface area contributed by atoms with Crippen LogP contribution < -0.4 is 5.43 Å². The summed E-state index contributed by atoms with van der Waals surface area (Å²) in [5.74, 6) is 0.865. The molecule has 0 fully saturated rings. The zero-order chi connectivity index (χ0) is 16.7. The number of thioether (sulfide) groups is 1.